The zero-order valence-electron chi connectivity index (χ0n) is 10.7. The number of rotatable bonds is 12. The molecule has 0 unspecified atom stereocenters. The molecule has 0 heterocycles. The van der Waals surface area contributed by atoms with Crippen LogP contribution in [-0.4, -0.2) is 51.2 Å². The molecule has 0 rings (SSSR count). The summed E-state index contributed by atoms with van der Waals surface area (Å²) < 4.78 is 5.53. The van der Waals surface area contributed by atoms with E-state index in [1.54, 1.807) is 0 Å². The van der Waals surface area contributed by atoms with Gasteiger partial charge in [-0.15, -0.1) is 0 Å². The molecule has 0 aromatic rings. The van der Waals surface area contributed by atoms with Crippen LogP contribution in [0.4, 0.5) is 0 Å². The van der Waals surface area contributed by atoms with Crippen LogP contribution in [0.3, 0.4) is 0 Å². The summed E-state index contributed by atoms with van der Waals surface area (Å²) in [4.78, 5) is 12.2. The Morgan fingerprint density at radius 3 is 2.69 bits per heavy atom. The largest absolute Gasteiger partial charge is 0.380 e. The van der Waals surface area contributed by atoms with E-state index in [-0.39, 0.29) is 0 Å². The number of amides is 1. The van der Waals surface area contributed by atoms with Gasteiger partial charge in [-0.3, -0.25) is 4.79 Å². The van der Waals surface area contributed by atoms with Gasteiger partial charge in [-0.1, -0.05) is 26.2 Å². The zero-order chi connectivity index (χ0) is 12.1. The monoisotopic (exact) mass is 230 g/mol. The van der Waals surface area contributed by atoms with E-state index >= 15 is 0 Å². The molecule has 16 heavy (non-hydrogen) atoms. The van der Waals surface area contributed by atoms with E-state index in [2.05, 4.69) is 17.1 Å². The van der Waals surface area contributed by atoms with Crippen LogP contribution >= 0.6 is 0 Å². The van der Waals surface area contributed by atoms with Gasteiger partial charge in [-0.2, -0.15) is 0 Å². The van der Waals surface area contributed by atoms with Crippen molar-refractivity contribution in [1.82, 2.24) is 10.2 Å². The van der Waals surface area contributed by atoms with Crippen molar-refractivity contribution in [2.45, 2.75) is 32.6 Å². The van der Waals surface area contributed by atoms with Gasteiger partial charge >= 0.3 is 0 Å². The highest BCUT2D eigenvalue weighted by Crippen LogP contribution is 1.98. The zero-order valence-corrected chi connectivity index (χ0v) is 10.7. The highest BCUT2D eigenvalue weighted by molar-refractivity contribution is 5.45. The third-order valence-electron chi connectivity index (χ3n) is 2.48. The van der Waals surface area contributed by atoms with Crippen molar-refractivity contribution in [3.05, 3.63) is 0 Å². The Labute approximate surface area is 99.3 Å². The Hall–Kier alpha value is -0.610. The predicted molar refractivity (Wildman–Crippen MR) is 66.5 cm³/mol. The number of carbonyl (C=O) groups is 1. The van der Waals surface area contributed by atoms with E-state index in [0.717, 1.165) is 32.7 Å². The van der Waals surface area contributed by atoms with Crippen LogP contribution in [0.5, 0.6) is 0 Å². The van der Waals surface area contributed by atoms with Crippen LogP contribution < -0.4 is 5.32 Å². The number of likely N-dealkylation sites (N-methyl/N-ethyl adjacent to an activating group) is 1. The molecule has 0 aliphatic rings. The van der Waals surface area contributed by atoms with Crippen molar-refractivity contribution in [3.63, 3.8) is 0 Å². The number of ether oxygens (including phenoxy) is 1. The van der Waals surface area contributed by atoms with E-state index in [0.29, 0.717) is 6.54 Å². The van der Waals surface area contributed by atoms with Crippen molar-refractivity contribution in [1.29, 1.82) is 0 Å². The molecule has 96 valence electrons. The van der Waals surface area contributed by atoms with Crippen LogP contribution in [0.1, 0.15) is 32.6 Å². The van der Waals surface area contributed by atoms with Gasteiger partial charge in [-0.05, 0) is 13.5 Å². The molecule has 0 aromatic heterocycles. The molecule has 4 heteroatoms. The fourth-order valence-electron chi connectivity index (χ4n) is 1.38. The molecular formula is C12H26N2O2. The Morgan fingerprint density at radius 1 is 1.19 bits per heavy atom. The number of hydrogen-bond acceptors (Lipinski definition) is 3. The molecule has 0 aliphatic heterocycles. The van der Waals surface area contributed by atoms with Crippen LogP contribution in [0.25, 0.3) is 0 Å². The van der Waals surface area contributed by atoms with Crippen LogP contribution in [0.15, 0.2) is 0 Å². The Kier molecular flexibility index (Phi) is 12.0. The second kappa shape index (κ2) is 12.5. The van der Waals surface area contributed by atoms with Crippen LogP contribution in [-0.2, 0) is 9.53 Å². The summed E-state index contributed by atoms with van der Waals surface area (Å²) in [6.07, 6.45) is 5.75. The first kappa shape index (κ1) is 15.4. The summed E-state index contributed by atoms with van der Waals surface area (Å²) in [6, 6.07) is 0. The number of hydrogen-bond donors (Lipinski definition) is 1. The van der Waals surface area contributed by atoms with E-state index in [4.69, 9.17) is 4.74 Å². The molecule has 0 fully saturated rings. The van der Waals surface area contributed by atoms with Crippen molar-refractivity contribution < 1.29 is 9.53 Å². The molecule has 0 saturated heterocycles. The summed E-state index contributed by atoms with van der Waals surface area (Å²) in [5.74, 6) is 0. The van der Waals surface area contributed by atoms with E-state index in [1.807, 2.05) is 7.05 Å². The van der Waals surface area contributed by atoms with Gasteiger partial charge in [0, 0.05) is 26.2 Å². The molecule has 0 bridgehead atoms. The minimum atomic E-state index is 0.705. The second-order valence-corrected chi connectivity index (χ2v) is 4.05. The van der Waals surface area contributed by atoms with Gasteiger partial charge in [0.05, 0.1) is 6.61 Å². The van der Waals surface area contributed by atoms with Gasteiger partial charge in [0.1, 0.15) is 0 Å². The summed E-state index contributed by atoms with van der Waals surface area (Å²) >= 11 is 0. The van der Waals surface area contributed by atoms with Crippen molar-refractivity contribution in [2.75, 3.05) is 39.9 Å². The second-order valence-electron chi connectivity index (χ2n) is 4.05. The number of nitrogens with zero attached hydrogens (tertiary/aromatic N) is 1. The average molecular weight is 230 g/mol. The number of nitrogens with one attached hydrogen (secondary N) is 1. The minimum absolute atomic E-state index is 0.705. The van der Waals surface area contributed by atoms with Gasteiger partial charge in [-0.25, -0.2) is 0 Å². The average Bonchev–Trinajstić information content (AvgIpc) is 2.28. The summed E-state index contributed by atoms with van der Waals surface area (Å²) in [7, 11) is 2.03. The SMILES string of the molecule is CCCCCCOCCN(C)CCNC=O. The van der Waals surface area contributed by atoms with Crippen molar-refractivity contribution in [3.8, 4) is 0 Å². The van der Waals surface area contributed by atoms with Crippen molar-refractivity contribution in [2.24, 2.45) is 0 Å². The minimum Gasteiger partial charge on any atom is -0.380 e. The standard InChI is InChI=1S/C12H26N2O2/c1-3-4-5-6-10-16-11-9-14(2)8-7-13-12-15/h12H,3-11H2,1-2H3,(H,13,15). The molecule has 0 aliphatic carbocycles. The lowest BCUT2D eigenvalue weighted by molar-refractivity contribution is -0.109. The molecule has 4 nitrogen and oxygen atoms in total. The van der Waals surface area contributed by atoms with Gasteiger partial charge in [0.15, 0.2) is 0 Å². The molecule has 0 saturated carbocycles. The summed E-state index contributed by atoms with van der Waals surface area (Å²) in [5, 5.41) is 2.64. The number of unbranched alkanes of at least 4 members (excludes halogenated alkanes) is 3. The van der Waals surface area contributed by atoms with E-state index < -0.39 is 0 Å². The Balaban J connectivity index is 3.08. The lowest BCUT2D eigenvalue weighted by atomic mass is 10.2. The van der Waals surface area contributed by atoms with Crippen LogP contribution in [0.2, 0.25) is 0 Å². The summed E-state index contributed by atoms with van der Waals surface area (Å²) in [5.41, 5.74) is 0. The Morgan fingerprint density at radius 2 is 2.00 bits per heavy atom. The summed E-state index contributed by atoms with van der Waals surface area (Å²) in [6.45, 7) is 6.37. The maximum atomic E-state index is 10.0. The molecular weight excluding hydrogens is 204 g/mol. The normalized spacial score (nSPS) is 10.7. The van der Waals surface area contributed by atoms with Gasteiger partial charge < -0.3 is 15.0 Å². The first-order chi connectivity index (χ1) is 7.81. The topological polar surface area (TPSA) is 41.6 Å². The fourth-order valence-corrected chi connectivity index (χ4v) is 1.38. The third-order valence-corrected chi connectivity index (χ3v) is 2.48. The smallest absolute Gasteiger partial charge is 0.207 e. The molecule has 0 atom stereocenters. The lowest BCUT2D eigenvalue weighted by Gasteiger charge is -2.15. The van der Waals surface area contributed by atoms with Gasteiger partial charge in [0.25, 0.3) is 0 Å². The lowest BCUT2D eigenvalue weighted by Crippen LogP contribution is -2.31. The first-order valence-electron chi connectivity index (χ1n) is 6.24. The first-order valence-corrected chi connectivity index (χ1v) is 6.24. The molecule has 1 N–H and O–H groups in total. The van der Waals surface area contributed by atoms with E-state index in [9.17, 15) is 4.79 Å². The highest BCUT2D eigenvalue weighted by atomic mass is 16.5. The van der Waals surface area contributed by atoms with Crippen molar-refractivity contribution >= 4 is 6.41 Å². The fraction of sp³-hybridized carbons (Fsp3) is 0.917. The van der Waals surface area contributed by atoms with Gasteiger partial charge in [0.2, 0.25) is 6.41 Å². The molecule has 1 amide bonds. The molecule has 0 spiro atoms. The molecule has 0 aromatic carbocycles. The maximum Gasteiger partial charge on any atom is 0.207 e. The number of carbonyl (C=O) groups excluding carboxylic acids is 1. The quantitative estimate of drug-likeness (QED) is 0.405. The maximum absolute atomic E-state index is 10.0. The third kappa shape index (κ3) is 11.5. The Bertz CT molecular complexity index is 154. The highest BCUT2D eigenvalue weighted by Gasteiger charge is 1.97. The molecule has 0 radical (unpaired) electrons. The van der Waals surface area contributed by atoms with E-state index in [1.165, 1.54) is 25.7 Å². The van der Waals surface area contributed by atoms with Crippen LogP contribution in [0, 0.1) is 0 Å². The predicted octanol–water partition coefficient (Wildman–Crippen LogP) is 1.26.